The van der Waals surface area contributed by atoms with E-state index < -0.39 is 0 Å². The molecule has 3 aromatic rings. The van der Waals surface area contributed by atoms with Gasteiger partial charge in [-0.05, 0) is 44.4 Å². The van der Waals surface area contributed by atoms with Crippen LogP contribution in [0.5, 0.6) is 0 Å². The number of fused-ring (bicyclic) bond motifs is 1. The Bertz CT molecular complexity index is 982. The largest absolute Gasteiger partial charge is 0.324 e. The summed E-state index contributed by atoms with van der Waals surface area (Å²) in [4.78, 5) is 17.3. The lowest BCUT2D eigenvalue weighted by Gasteiger charge is -2.18. The molecule has 0 bridgehead atoms. The van der Waals surface area contributed by atoms with E-state index in [1.54, 1.807) is 25.1 Å². The molecular weight excluding hydrogens is 339 g/mol. The predicted molar refractivity (Wildman–Crippen MR) is 108 cm³/mol. The lowest BCUT2D eigenvalue weighted by molar-refractivity contribution is -0.119. The molecule has 1 N–H and O–H groups in total. The molecule has 2 aromatic carbocycles. The Labute approximate surface area is 158 Å². The Morgan fingerprint density at radius 2 is 1.93 bits per heavy atom. The maximum Gasteiger partial charge on any atom is 0.228 e. The Balaban J connectivity index is 1.85. The van der Waals surface area contributed by atoms with Gasteiger partial charge in [-0.3, -0.25) is 4.79 Å². The van der Waals surface area contributed by atoms with E-state index >= 15 is 0 Å². The number of nitrogens with zero attached hydrogens (tertiary/aromatic N) is 1. The van der Waals surface area contributed by atoms with E-state index in [1.165, 1.54) is 6.07 Å². The fraction of sp³-hybridized carbons (Fsp3) is 0.217. The second kappa shape index (κ2) is 8.12. The lowest BCUT2D eigenvalue weighted by Crippen LogP contribution is -2.25. The summed E-state index contributed by atoms with van der Waals surface area (Å²) in [6, 6.07) is 16.5. The molecule has 3 nitrogen and oxygen atoms in total. The fourth-order valence-corrected chi connectivity index (χ4v) is 3.19. The van der Waals surface area contributed by atoms with Gasteiger partial charge in [-0.2, -0.15) is 0 Å². The number of allylic oxidation sites excluding steroid dienone is 1. The second-order valence-electron chi connectivity index (χ2n) is 6.97. The van der Waals surface area contributed by atoms with Crippen LogP contribution in [0.2, 0.25) is 0 Å². The quantitative estimate of drug-likeness (QED) is 0.593. The molecular formula is C23H23FN2O. The van der Waals surface area contributed by atoms with E-state index in [0.717, 1.165) is 11.1 Å². The predicted octanol–water partition coefficient (Wildman–Crippen LogP) is 5.45. The third-order valence-corrected chi connectivity index (χ3v) is 4.54. The SMILES string of the molecule is C=C(C)CC(Cc1ccccc1)C(=O)Nc1cc2cccc(F)c2nc1C. The van der Waals surface area contributed by atoms with Gasteiger partial charge in [-0.1, -0.05) is 48.0 Å². The summed E-state index contributed by atoms with van der Waals surface area (Å²) in [5, 5.41) is 3.64. The number of carbonyl (C=O) groups is 1. The fourth-order valence-electron chi connectivity index (χ4n) is 3.19. The third-order valence-electron chi connectivity index (χ3n) is 4.54. The van der Waals surface area contributed by atoms with Gasteiger partial charge in [0.1, 0.15) is 11.3 Å². The second-order valence-corrected chi connectivity index (χ2v) is 6.97. The summed E-state index contributed by atoms with van der Waals surface area (Å²) in [7, 11) is 0. The highest BCUT2D eigenvalue weighted by atomic mass is 19.1. The van der Waals surface area contributed by atoms with E-state index in [1.807, 2.05) is 37.3 Å². The Hall–Kier alpha value is -3.01. The van der Waals surface area contributed by atoms with Crippen molar-refractivity contribution in [3.63, 3.8) is 0 Å². The molecule has 0 fully saturated rings. The van der Waals surface area contributed by atoms with E-state index in [4.69, 9.17) is 0 Å². The Morgan fingerprint density at radius 1 is 1.19 bits per heavy atom. The minimum absolute atomic E-state index is 0.0810. The molecule has 1 atom stereocenters. The van der Waals surface area contributed by atoms with Crippen molar-refractivity contribution < 1.29 is 9.18 Å². The van der Waals surface area contributed by atoms with E-state index in [2.05, 4.69) is 16.9 Å². The average molecular weight is 362 g/mol. The number of hydrogen-bond donors (Lipinski definition) is 1. The number of anilines is 1. The van der Waals surface area contributed by atoms with E-state index in [9.17, 15) is 9.18 Å². The smallest absolute Gasteiger partial charge is 0.228 e. The summed E-state index contributed by atoms with van der Waals surface area (Å²) < 4.78 is 13.9. The highest BCUT2D eigenvalue weighted by molar-refractivity contribution is 5.95. The van der Waals surface area contributed by atoms with Crippen molar-refractivity contribution in [2.45, 2.75) is 26.7 Å². The van der Waals surface area contributed by atoms with Crippen LogP contribution in [0.4, 0.5) is 10.1 Å². The molecule has 0 aliphatic heterocycles. The molecule has 1 amide bonds. The highest BCUT2D eigenvalue weighted by Gasteiger charge is 2.20. The zero-order valence-corrected chi connectivity index (χ0v) is 15.6. The van der Waals surface area contributed by atoms with Crippen LogP contribution in [0.25, 0.3) is 10.9 Å². The highest BCUT2D eigenvalue weighted by Crippen LogP contribution is 2.24. The van der Waals surface area contributed by atoms with Crippen LogP contribution in [0.1, 0.15) is 24.6 Å². The first-order valence-electron chi connectivity index (χ1n) is 8.99. The van der Waals surface area contributed by atoms with E-state index in [-0.39, 0.29) is 17.6 Å². The van der Waals surface area contributed by atoms with Crippen molar-refractivity contribution in [3.05, 3.63) is 83.8 Å². The van der Waals surface area contributed by atoms with Gasteiger partial charge in [0.15, 0.2) is 0 Å². The monoisotopic (exact) mass is 362 g/mol. The Kier molecular flexibility index (Phi) is 5.65. The number of aryl methyl sites for hydroxylation is 1. The van der Waals surface area contributed by atoms with Crippen LogP contribution >= 0.6 is 0 Å². The van der Waals surface area contributed by atoms with Crippen molar-refractivity contribution in [3.8, 4) is 0 Å². The number of rotatable bonds is 6. The van der Waals surface area contributed by atoms with Gasteiger partial charge >= 0.3 is 0 Å². The van der Waals surface area contributed by atoms with Gasteiger partial charge in [-0.15, -0.1) is 6.58 Å². The lowest BCUT2D eigenvalue weighted by atomic mass is 9.92. The maximum atomic E-state index is 13.9. The topological polar surface area (TPSA) is 42.0 Å². The third kappa shape index (κ3) is 4.59. The van der Waals surface area contributed by atoms with Crippen LogP contribution < -0.4 is 5.32 Å². The first-order chi connectivity index (χ1) is 12.9. The number of benzene rings is 2. The minimum Gasteiger partial charge on any atom is -0.324 e. The molecule has 1 heterocycles. The molecule has 0 spiro atoms. The number of nitrogens with one attached hydrogen (secondary N) is 1. The van der Waals surface area contributed by atoms with Crippen LogP contribution in [0, 0.1) is 18.7 Å². The van der Waals surface area contributed by atoms with Crippen LogP contribution in [-0.4, -0.2) is 10.9 Å². The van der Waals surface area contributed by atoms with Gasteiger partial charge in [0, 0.05) is 11.3 Å². The zero-order valence-electron chi connectivity index (χ0n) is 15.6. The van der Waals surface area contributed by atoms with Crippen molar-refractivity contribution in [1.82, 2.24) is 4.98 Å². The van der Waals surface area contributed by atoms with Gasteiger partial charge in [0.25, 0.3) is 0 Å². The molecule has 0 aliphatic rings. The number of halogens is 1. The maximum absolute atomic E-state index is 13.9. The average Bonchev–Trinajstić information content (AvgIpc) is 2.63. The van der Waals surface area contributed by atoms with E-state index in [0.29, 0.717) is 35.1 Å². The number of hydrogen-bond acceptors (Lipinski definition) is 2. The molecule has 0 saturated carbocycles. The van der Waals surface area contributed by atoms with Gasteiger partial charge in [-0.25, -0.2) is 9.37 Å². The van der Waals surface area contributed by atoms with Crippen LogP contribution in [0.3, 0.4) is 0 Å². The summed E-state index contributed by atoms with van der Waals surface area (Å²) in [6.45, 7) is 7.66. The van der Waals surface area contributed by atoms with Gasteiger partial charge in [0.05, 0.1) is 11.4 Å². The molecule has 27 heavy (non-hydrogen) atoms. The Morgan fingerprint density at radius 3 is 2.63 bits per heavy atom. The summed E-state index contributed by atoms with van der Waals surface area (Å²) in [5.74, 6) is -0.673. The summed E-state index contributed by atoms with van der Waals surface area (Å²) in [6.07, 6.45) is 1.24. The van der Waals surface area contributed by atoms with Crippen molar-refractivity contribution in [1.29, 1.82) is 0 Å². The van der Waals surface area contributed by atoms with Crippen molar-refractivity contribution in [2.75, 3.05) is 5.32 Å². The first-order valence-corrected chi connectivity index (χ1v) is 8.99. The molecule has 4 heteroatoms. The van der Waals surface area contributed by atoms with Crippen molar-refractivity contribution in [2.24, 2.45) is 5.92 Å². The molecule has 1 aromatic heterocycles. The molecule has 3 rings (SSSR count). The number of para-hydroxylation sites is 1. The summed E-state index contributed by atoms with van der Waals surface area (Å²) >= 11 is 0. The summed E-state index contributed by atoms with van der Waals surface area (Å²) in [5.41, 5.74) is 3.58. The number of carbonyl (C=O) groups excluding carboxylic acids is 1. The molecule has 0 saturated heterocycles. The molecule has 0 aliphatic carbocycles. The molecule has 0 radical (unpaired) electrons. The van der Waals surface area contributed by atoms with Crippen molar-refractivity contribution >= 4 is 22.5 Å². The number of aromatic nitrogens is 1. The van der Waals surface area contributed by atoms with Crippen LogP contribution in [0.15, 0.2) is 66.7 Å². The van der Waals surface area contributed by atoms with Gasteiger partial charge < -0.3 is 5.32 Å². The number of pyridine rings is 1. The molecule has 1 unspecified atom stereocenters. The standard InChI is InChI=1S/C23H23FN2O/c1-15(2)12-19(13-17-8-5-4-6-9-17)23(27)26-21-14-18-10-7-11-20(24)22(18)25-16(21)3/h4-11,14,19H,1,12-13H2,2-3H3,(H,26,27). The van der Waals surface area contributed by atoms with Gasteiger partial charge in [0.2, 0.25) is 5.91 Å². The molecule has 138 valence electrons. The normalized spacial score (nSPS) is 12.0. The zero-order chi connectivity index (χ0) is 19.4. The first kappa shape index (κ1) is 18.8. The number of amides is 1. The minimum atomic E-state index is -0.363. The van der Waals surface area contributed by atoms with Crippen LogP contribution in [-0.2, 0) is 11.2 Å².